The number of anilines is 1. The van der Waals surface area contributed by atoms with Crippen molar-refractivity contribution in [1.82, 2.24) is 9.88 Å². The Labute approximate surface area is 156 Å². The molecule has 1 amide bonds. The van der Waals surface area contributed by atoms with Crippen LogP contribution in [0.5, 0.6) is 0 Å². The molecule has 1 atom stereocenters. The number of hydrogen-bond donors (Lipinski definition) is 0. The standard InChI is InChI=1S/C18H20ClN3O4/c19-14-10-13(18(23)21-3-7-24-8-4-21)11-20-17(14)22-5-9-26-16(12-22)15-2-1-6-25-15/h1-2,6,10-11,16H,3-5,7-9,12H2. The van der Waals surface area contributed by atoms with Crippen LogP contribution in [0.2, 0.25) is 5.02 Å². The SMILES string of the molecule is O=C(c1cnc(N2CCOC(c3ccco3)C2)c(Cl)c1)N1CCOCC1. The van der Waals surface area contributed by atoms with Gasteiger partial charge in [-0.25, -0.2) is 4.98 Å². The van der Waals surface area contributed by atoms with Crippen LogP contribution in [-0.4, -0.2) is 61.8 Å². The molecule has 2 aromatic heterocycles. The molecule has 0 bridgehead atoms. The lowest BCUT2D eigenvalue weighted by Gasteiger charge is -2.33. The molecule has 8 heteroatoms. The zero-order chi connectivity index (χ0) is 17.9. The number of pyridine rings is 1. The van der Waals surface area contributed by atoms with Crippen molar-refractivity contribution >= 4 is 23.3 Å². The Morgan fingerprint density at radius 2 is 2.08 bits per heavy atom. The van der Waals surface area contributed by atoms with Gasteiger partial charge in [-0.1, -0.05) is 11.6 Å². The summed E-state index contributed by atoms with van der Waals surface area (Å²) in [5.74, 6) is 1.37. The summed E-state index contributed by atoms with van der Waals surface area (Å²) in [6.45, 7) is 4.13. The quantitative estimate of drug-likeness (QED) is 0.818. The molecule has 26 heavy (non-hydrogen) atoms. The van der Waals surface area contributed by atoms with E-state index in [2.05, 4.69) is 9.88 Å². The topological polar surface area (TPSA) is 68.0 Å². The molecule has 2 aromatic rings. The predicted molar refractivity (Wildman–Crippen MR) is 95.6 cm³/mol. The number of nitrogens with zero attached hydrogens (tertiary/aromatic N) is 3. The van der Waals surface area contributed by atoms with E-state index in [0.29, 0.717) is 62.4 Å². The second kappa shape index (κ2) is 7.65. The highest BCUT2D eigenvalue weighted by Crippen LogP contribution is 2.30. The molecule has 2 aliphatic heterocycles. The van der Waals surface area contributed by atoms with Crippen molar-refractivity contribution in [2.24, 2.45) is 0 Å². The molecule has 0 radical (unpaired) electrons. The van der Waals surface area contributed by atoms with Crippen molar-refractivity contribution in [3.8, 4) is 0 Å². The predicted octanol–water partition coefficient (Wildman–Crippen LogP) is 2.38. The summed E-state index contributed by atoms with van der Waals surface area (Å²) in [4.78, 5) is 20.9. The van der Waals surface area contributed by atoms with Gasteiger partial charge in [0.1, 0.15) is 17.7 Å². The molecule has 2 fully saturated rings. The third kappa shape index (κ3) is 3.56. The van der Waals surface area contributed by atoms with E-state index in [0.717, 1.165) is 5.76 Å². The number of ether oxygens (including phenoxy) is 2. The Hall–Kier alpha value is -2.09. The van der Waals surface area contributed by atoms with E-state index in [1.807, 2.05) is 12.1 Å². The van der Waals surface area contributed by atoms with Crippen LogP contribution in [0.1, 0.15) is 22.2 Å². The normalized spacial score (nSPS) is 21.0. The maximum atomic E-state index is 12.6. The molecule has 0 N–H and O–H groups in total. The van der Waals surface area contributed by atoms with Gasteiger partial charge in [-0.05, 0) is 18.2 Å². The van der Waals surface area contributed by atoms with Gasteiger partial charge >= 0.3 is 0 Å². The second-order valence-corrected chi connectivity index (χ2v) is 6.66. The summed E-state index contributed by atoms with van der Waals surface area (Å²) in [7, 11) is 0. The number of carbonyl (C=O) groups is 1. The number of furan rings is 1. The first-order valence-corrected chi connectivity index (χ1v) is 9.02. The van der Waals surface area contributed by atoms with Crippen LogP contribution in [0, 0.1) is 0 Å². The van der Waals surface area contributed by atoms with E-state index in [9.17, 15) is 4.79 Å². The summed E-state index contributed by atoms with van der Waals surface area (Å²) >= 11 is 6.45. The van der Waals surface area contributed by atoms with Crippen molar-refractivity contribution in [1.29, 1.82) is 0 Å². The van der Waals surface area contributed by atoms with Crippen molar-refractivity contribution in [2.75, 3.05) is 50.9 Å². The van der Waals surface area contributed by atoms with Crippen molar-refractivity contribution in [2.45, 2.75) is 6.10 Å². The molecular weight excluding hydrogens is 358 g/mol. The zero-order valence-corrected chi connectivity index (χ0v) is 15.0. The van der Waals surface area contributed by atoms with Crippen LogP contribution in [0.4, 0.5) is 5.82 Å². The van der Waals surface area contributed by atoms with E-state index in [1.54, 1.807) is 23.4 Å². The fourth-order valence-electron chi connectivity index (χ4n) is 3.22. The molecule has 2 aliphatic rings. The summed E-state index contributed by atoms with van der Waals surface area (Å²) in [6, 6.07) is 5.43. The minimum Gasteiger partial charge on any atom is -0.467 e. The monoisotopic (exact) mass is 377 g/mol. The Morgan fingerprint density at radius 1 is 1.23 bits per heavy atom. The third-order valence-electron chi connectivity index (χ3n) is 4.59. The molecule has 0 spiro atoms. The van der Waals surface area contributed by atoms with Crippen LogP contribution in [0.3, 0.4) is 0 Å². The van der Waals surface area contributed by atoms with Gasteiger partial charge in [-0.3, -0.25) is 4.79 Å². The first kappa shape index (κ1) is 17.3. The molecule has 0 saturated carbocycles. The van der Waals surface area contributed by atoms with Crippen LogP contribution < -0.4 is 4.90 Å². The van der Waals surface area contributed by atoms with Crippen LogP contribution in [-0.2, 0) is 9.47 Å². The van der Waals surface area contributed by atoms with E-state index >= 15 is 0 Å². The summed E-state index contributed by atoms with van der Waals surface area (Å²) < 4.78 is 16.5. The Kier molecular flexibility index (Phi) is 5.10. The average Bonchev–Trinajstić information content (AvgIpc) is 3.23. The lowest BCUT2D eigenvalue weighted by atomic mass is 10.2. The van der Waals surface area contributed by atoms with Gasteiger partial charge in [0.05, 0.1) is 43.2 Å². The van der Waals surface area contributed by atoms with Crippen molar-refractivity contribution in [3.63, 3.8) is 0 Å². The molecule has 4 heterocycles. The second-order valence-electron chi connectivity index (χ2n) is 6.25. The summed E-state index contributed by atoms with van der Waals surface area (Å²) in [5.41, 5.74) is 0.497. The number of hydrogen-bond acceptors (Lipinski definition) is 6. The highest BCUT2D eigenvalue weighted by Gasteiger charge is 2.27. The maximum absolute atomic E-state index is 12.6. The maximum Gasteiger partial charge on any atom is 0.255 e. The van der Waals surface area contributed by atoms with Crippen LogP contribution in [0.25, 0.3) is 0 Å². The average molecular weight is 378 g/mol. The lowest BCUT2D eigenvalue weighted by molar-refractivity contribution is 0.0255. The van der Waals surface area contributed by atoms with E-state index in [-0.39, 0.29) is 12.0 Å². The molecule has 2 saturated heterocycles. The van der Waals surface area contributed by atoms with Gasteiger partial charge in [0.15, 0.2) is 0 Å². The molecule has 7 nitrogen and oxygen atoms in total. The highest BCUT2D eigenvalue weighted by atomic mass is 35.5. The van der Waals surface area contributed by atoms with E-state index in [1.165, 1.54) is 0 Å². The number of aromatic nitrogens is 1. The van der Waals surface area contributed by atoms with Gasteiger partial charge in [0, 0.05) is 25.8 Å². The molecule has 4 rings (SSSR count). The third-order valence-corrected chi connectivity index (χ3v) is 4.87. The minimum atomic E-state index is -0.161. The first-order valence-electron chi connectivity index (χ1n) is 8.65. The first-order chi connectivity index (χ1) is 12.7. The molecule has 138 valence electrons. The number of amides is 1. The van der Waals surface area contributed by atoms with Crippen molar-refractivity contribution < 1.29 is 18.7 Å². The van der Waals surface area contributed by atoms with Crippen LogP contribution >= 0.6 is 11.6 Å². The molecule has 0 aromatic carbocycles. The number of morpholine rings is 2. The lowest BCUT2D eigenvalue weighted by Crippen LogP contribution is -2.41. The van der Waals surface area contributed by atoms with E-state index < -0.39 is 0 Å². The molecular formula is C18H20ClN3O4. The van der Waals surface area contributed by atoms with Crippen LogP contribution in [0.15, 0.2) is 35.1 Å². The fraction of sp³-hybridized carbons (Fsp3) is 0.444. The van der Waals surface area contributed by atoms with Crippen molar-refractivity contribution in [3.05, 3.63) is 47.0 Å². The van der Waals surface area contributed by atoms with Gasteiger partial charge < -0.3 is 23.7 Å². The minimum absolute atomic E-state index is 0.0651. The molecule has 1 unspecified atom stereocenters. The van der Waals surface area contributed by atoms with Gasteiger partial charge in [0.2, 0.25) is 0 Å². The number of rotatable bonds is 3. The highest BCUT2D eigenvalue weighted by molar-refractivity contribution is 6.33. The Morgan fingerprint density at radius 3 is 2.81 bits per heavy atom. The Balaban J connectivity index is 1.49. The van der Waals surface area contributed by atoms with Gasteiger partial charge in [0.25, 0.3) is 5.91 Å². The fourth-order valence-corrected chi connectivity index (χ4v) is 3.50. The summed E-state index contributed by atoms with van der Waals surface area (Å²) in [6.07, 6.45) is 3.07. The van der Waals surface area contributed by atoms with Gasteiger partial charge in [-0.15, -0.1) is 0 Å². The number of halogens is 1. The van der Waals surface area contributed by atoms with E-state index in [4.69, 9.17) is 25.5 Å². The Bertz CT molecular complexity index is 762. The van der Waals surface area contributed by atoms with Gasteiger partial charge in [-0.2, -0.15) is 0 Å². The zero-order valence-electron chi connectivity index (χ0n) is 14.3. The summed E-state index contributed by atoms with van der Waals surface area (Å²) in [5, 5.41) is 0.462. The molecule has 0 aliphatic carbocycles. The largest absolute Gasteiger partial charge is 0.467 e. The smallest absolute Gasteiger partial charge is 0.255 e. The number of carbonyl (C=O) groups excluding carboxylic acids is 1.